The van der Waals surface area contributed by atoms with Crippen LogP contribution in [0.3, 0.4) is 0 Å². The second-order valence-electron chi connectivity index (χ2n) is 4.60. The Morgan fingerprint density at radius 1 is 1.43 bits per heavy atom. The number of anilines is 1. The second-order valence-corrected chi connectivity index (χ2v) is 4.60. The fourth-order valence-electron chi connectivity index (χ4n) is 1.93. The first kappa shape index (κ1) is 17.5. The maximum atomic E-state index is 5.88. The minimum Gasteiger partial charge on any atom is -0.370 e. The van der Waals surface area contributed by atoms with Crippen molar-refractivity contribution in [1.29, 1.82) is 0 Å². The minimum atomic E-state index is 0. The summed E-state index contributed by atoms with van der Waals surface area (Å²) in [5.41, 5.74) is 8.14. The zero-order valence-corrected chi connectivity index (χ0v) is 14.5. The van der Waals surface area contributed by atoms with Gasteiger partial charge in [0.2, 0.25) is 0 Å². The zero-order chi connectivity index (χ0) is 14.2. The van der Waals surface area contributed by atoms with Crippen LogP contribution in [0, 0.1) is 0 Å². The molecule has 0 aliphatic heterocycles. The third-order valence-electron chi connectivity index (χ3n) is 3.02. The first-order valence-corrected chi connectivity index (χ1v) is 6.89. The number of aliphatic imine (C=N–C) groups is 1. The number of rotatable bonds is 6. The molecule has 0 amide bonds. The predicted octanol–water partition coefficient (Wildman–Crippen LogP) is 2.88. The molecule has 114 valence electrons. The summed E-state index contributed by atoms with van der Waals surface area (Å²) in [7, 11) is 0. The van der Waals surface area contributed by atoms with Crippen LogP contribution in [0.15, 0.2) is 48.0 Å². The van der Waals surface area contributed by atoms with E-state index in [9.17, 15) is 0 Å². The fraction of sp³-hybridized carbons (Fsp3) is 0.333. The molecule has 0 spiro atoms. The average Bonchev–Trinajstić information content (AvgIpc) is 2.97. The summed E-state index contributed by atoms with van der Waals surface area (Å²) in [6.07, 6.45) is 7.48. The Labute approximate surface area is 142 Å². The SMILES string of the molecule is CCc1cccc(NC(N)=NCCCn2ccnc2)c1.I. The molecule has 5 nitrogen and oxygen atoms in total. The summed E-state index contributed by atoms with van der Waals surface area (Å²) >= 11 is 0. The van der Waals surface area contributed by atoms with Gasteiger partial charge in [-0.1, -0.05) is 19.1 Å². The van der Waals surface area contributed by atoms with E-state index >= 15 is 0 Å². The van der Waals surface area contributed by atoms with Gasteiger partial charge in [-0.3, -0.25) is 4.99 Å². The molecule has 2 aromatic rings. The Bertz CT molecular complexity index is 551. The van der Waals surface area contributed by atoms with Crippen molar-refractivity contribution in [3.8, 4) is 0 Å². The minimum absolute atomic E-state index is 0. The van der Waals surface area contributed by atoms with Gasteiger partial charge in [0.1, 0.15) is 0 Å². The summed E-state index contributed by atoms with van der Waals surface area (Å²) in [6.45, 7) is 3.74. The number of nitrogens with one attached hydrogen (secondary N) is 1. The van der Waals surface area contributed by atoms with Crippen LogP contribution in [0.2, 0.25) is 0 Å². The number of imidazole rings is 1. The smallest absolute Gasteiger partial charge is 0.193 e. The lowest BCUT2D eigenvalue weighted by Crippen LogP contribution is -2.23. The van der Waals surface area contributed by atoms with Gasteiger partial charge in [0.25, 0.3) is 0 Å². The van der Waals surface area contributed by atoms with Gasteiger partial charge in [-0.2, -0.15) is 0 Å². The summed E-state index contributed by atoms with van der Waals surface area (Å²) in [6, 6.07) is 8.21. The maximum absolute atomic E-state index is 5.88. The van der Waals surface area contributed by atoms with Crippen molar-refractivity contribution in [3.63, 3.8) is 0 Å². The Morgan fingerprint density at radius 3 is 3.00 bits per heavy atom. The molecule has 3 N–H and O–H groups in total. The van der Waals surface area contributed by atoms with Crippen molar-refractivity contribution in [2.45, 2.75) is 26.3 Å². The fourth-order valence-corrected chi connectivity index (χ4v) is 1.93. The Hall–Kier alpha value is -1.57. The molecule has 0 aliphatic rings. The number of nitrogens with zero attached hydrogens (tertiary/aromatic N) is 3. The van der Waals surface area contributed by atoms with Crippen molar-refractivity contribution in [3.05, 3.63) is 48.5 Å². The lowest BCUT2D eigenvalue weighted by Gasteiger charge is -2.07. The molecule has 21 heavy (non-hydrogen) atoms. The van der Waals surface area contributed by atoms with Crippen molar-refractivity contribution in [1.82, 2.24) is 9.55 Å². The van der Waals surface area contributed by atoms with E-state index in [1.54, 1.807) is 6.20 Å². The molecule has 1 aromatic heterocycles. The molecule has 0 bridgehead atoms. The number of hydrogen-bond donors (Lipinski definition) is 2. The van der Waals surface area contributed by atoms with Gasteiger partial charge in [-0.05, 0) is 30.5 Å². The Morgan fingerprint density at radius 2 is 2.29 bits per heavy atom. The zero-order valence-electron chi connectivity index (χ0n) is 12.2. The average molecular weight is 399 g/mol. The van der Waals surface area contributed by atoms with Crippen molar-refractivity contribution < 1.29 is 0 Å². The van der Waals surface area contributed by atoms with Gasteiger partial charge < -0.3 is 15.6 Å². The van der Waals surface area contributed by atoms with E-state index in [1.165, 1.54) is 5.56 Å². The number of benzene rings is 1. The molecule has 0 fully saturated rings. The van der Waals surface area contributed by atoms with Crippen LogP contribution in [-0.4, -0.2) is 22.1 Å². The summed E-state index contributed by atoms with van der Waals surface area (Å²) in [4.78, 5) is 8.32. The highest BCUT2D eigenvalue weighted by molar-refractivity contribution is 14.0. The highest BCUT2D eigenvalue weighted by Crippen LogP contribution is 2.10. The first-order valence-electron chi connectivity index (χ1n) is 6.89. The summed E-state index contributed by atoms with van der Waals surface area (Å²) in [5, 5.41) is 3.12. The molecule has 0 saturated carbocycles. The molecule has 0 aliphatic carbocycles. The standard InChI is InChI=1S/C15H21N5.HI/c1-2-13-5-3-6-14(11-13)19-15(16)18-7-4-9-20-10-8-17-12-20;/h3,5-6,8,10-12H,2,4,7,9H2,1H3,(H3,16,18,19);1H. The van der Waals surface area contributed by atoms with Crippen LogP contribution in [-0.2, 0) is 13.0 Å². The van der Waals surface area contributed by atoms with Crippen molar-refractivity contribution >= 4 is 35.6 Å². The van der Waals surface area contributed by atoms with Gasteiger partial charge in [0.05, 0.1) is 6.33 Å². The van der Waals surface area contributed by atoms with Crippen LogP contribution >= 0.6 is 24.0 Å². The van der Waals surface area contributed by atoms with E-state index in [0.29, 0.717) is 12.5 Å². The lowest BCUT2D eigenvalue weighted by atomic mass is 10.1. The molecular formula is C15H22IN5. The summed E-state index contributed by atoms with van der Waals surface area (Å²) < 4.78 is 2.03. The van der Waals surface area contributed by atoms with E-state index in [2.05, 4.69) is 34.3 Å². The number of halogens is 1. The number of aromatic nitrogens is 2. The second kappa shape index (κ2) is 9.38. The Balaban J connectivity index is 0.00000220. The summed E-state index contributed by atoms with van der Waals surface area (Å²) in [5.74, 6) is 0.462. The highest BCUT2D eigenvalue weighted by atomic mass is 127. The number of hydrogen-bond acceptors (Lipinski definition) is 2. The monoisotopic (exact) mass is 399 g/mol. The first-order chi connectivity index (χ1) is 9.78. The number of nitrogens with two attached hydrogens (primary N) is 1. The molecule has 1 aromatic carbocycles. The van der Waals surface area contributed by atoms with E-state index in [4.69, 9.17) is 5.73 Å². The molecule has 0 saturated heterocycles. The molecule has 2 rings (SSSR count). The van der Waals surface area contributed by atoms with Gasteiger partial charge in [0, 0.05) is 31.2 Å². The highest BCUT2D eigenvalue weighted by Gasteiger charge is 1.96. The van der Waals surface area contributed by atoms with Gasteiger partial charge in [-0.25, -0.2) is 4.98 Å². The number of guanidine groups is 1. The molecular weight excluding hydrogens is 377 g/mol. The van der Waals surface area contributed by atoms with E-state index in [1.807, 2.05) is 29.2 Å². The number of aryl methyl sites for hydroxylation is 2. The molecule has 0 atom stereocenters. The third kappa shape index (κ3) is 6.16. The van der Waals surface area contributed by atoms with Crippen molar-refractivity contribution in [2.75, 3.05) is 11.9 Å². The van der Waals surface area contributed by atoms with Crippen LogP contribution < -0.4 is 11.1 Å². The van der Waals surface area contributed by atoms with E-state index in [-0.39, 0.29) is 24.0 Å². The van der Waals surface area contributed by atoms with E-state index < -0.39 is 0 Å². The quantitative estimate of drug-likeness (QED) is 0.340. The largest absolute Gasteiger partial charge is 0.370 e. The van der Waals surface area contributed by atoms with Gasteiger partial charge in [0.15, 0.2) is 5.96 Å². The molecule has 0 unspecified atom stereocenters. The Kier molecular flexibility index (Phi) is 7.81. The van der Waals surface area contributed by atoms with Gasteiger partial charge in [-0.15, -0.1) is 24.0 Å². The van der Waals surface area contributed by atoms with Crippen LogP contribution in [0.1, 0.15) is 18.9 Å². The molecule has 6 heteroatoms. The van der Waals surface area contributed by atoms with Crippen LogP contribution in [0.4, 0.5) is 5.69 Å². The maximum Gasteiger partial charge on any atom is 0.193 e. The molecule has 0 radical (unpaired) electrons. The van der Waals surface area contributed by atoms with Crippen LogP contribution in [0.5, 0.6) is 0 Å². The predicted molar refractivity (Wildman–Crippen MR) is 98.2 cm³/mol. The van der Waals surface area contributed by atoms with Crippen molar-refractivity contribution in [2.24, 2.45) is 10.7 Å². The third-order valence-corrected chi connectivity index (χ3v) is 3.02. The van der Waals surface area contributed by atoms with Gasteiger partial charge >= 0.3 is 0 Å². The van der Waals surface area contributed by atoms with E-state index in [0.717, 1.165) is 25.1 Å². The lowest BCUT2D eigenvalue weighted by molar-refractivity contribution is 0.650. The topological polar surface area (TPSA) is 68.2 Å². The normalized spacial score (nSPS) is 11.0. The molecule has 1 heterocycles. The van der Waals surface area contributed by atoms with Crippen LogP contribution in [0.25, 0.3) is 0 Å².